The first-order chi connectivity index (χ1) is 11.0. The summed E-state index contributed by atoms with van der Waals surface area (Å²) in [6, 6.07) is 5.88. The van der Waals surface area contributed by atoms with Gasteiger partial charge in [0, 0.05) is 42.2 Å². The van der Waals surface area contributed by atoms with Crippen LogP contribution in [0.5, 0.6) is 0 Å². The van der Waals surface area contributed by atoms with Gasteiger partial charge in [-0.1, -0.05) is 19.1 Å². The number of carbonyl (C=O) groups excluding carboxylic acids is 1. The first kappa shape index (κ1) is 16.9. The van der Waals surface area contributed by atoms with E-state index in [0.717, 1.165) is 10.7 Å². The molecule has 2 amide bonds. The highest BCUT2D eigenvalue weighted by Gasteiger charge is 2.11. The third kappa shape index (κ3) is 5.03. The van der Waals surface area contributed by atoms with Crippen molar-refractivity contribution in [2.24, 2.45) is 0 Å². The minimum Gasteiger partial charge on any atom is -0.337 e. The summed E-state index contributed by atoms with van der Waals surface area (Å²) in [6.45, 7) is 4.65. The molecule has 2 rings (SSSR count). The summed E-state index contributed by atoms with van der Waals surface area (Å²) in [7, 11) is 0. The van der Waals surface area contributed by atoms with Crippen molar-refractivity contribution >= 4 is 23.1 Å². The van der Waals surface area contributed by atoms with Crippen LogP contribution in [-0.2, 0) is 6.54 Å². The lowest BCUT2D eigenvalue weighted by Gasteiger charge is -2.11. The molecule has 0 radical (unpaired) electrons. The molecule has 0 bridgehead atoms. The number of nitro groups is 1. The van der Waals surface area contributed by atoms with Gasteiger partial charge in [0.25, 0.3) is 5.69 Å². The smallest absolute Gasteiger partial charge is 0.315 e. The molecule has 23 heavy (non-hydrogen) atoms. The summed E-state index contributed by atoms with van der Waals surface area (Å²) in [6.07, 6.45) is 0. The molecule has 0 fully saturated rings. The lowest BCUT2D eigenvalue weighted by atomic mass is 10.2. The number of non-ortho nitro benzene ring substituents is 1. The maximum absolute atomic E-state index is 11.8. The van der Waals surface area contributed by atoms with Gasteiger partial charge in [0.1, 0.15) is 0 Å². The Balaban J connectivity index is 1.79. The number of aromatic nitrogens is 1. The quantitative estimate of drug-likeness (QED) is 0.627. The average Bonchev–Trinajstić information content (AvgIpc) is 2.97. The fourth-order valence-electron chi connectivity index (χ4n) is 1.96. The molecule has 2 aromatic rings. The van der Waals surface area contributed by atoms with Gasteiger partial charge in [0.05, 0.1) is 9.93 Å². The average molecular weight is 334 g/mol. The SMILES string of the molecule is Cc1csc(C(C)CNC(=O)NCc2cccc([N+](=O)[O-])c2)n1. The van der Waals surface area contributed by atoms with Crippen molar-refractivity contribution in [2.75, 3.05) is 6.54 Å². The van der Waals surface area contributed by atoms with Crippen LogP contribution >= 0.6 is 11.3 Å². The number of thiazole rings is 1. The van der Waals surface area contributed by atoms with Crippen LogP contribution in [0.25, 0.3) is 0 Å². The second-order valence-corrected chi connectivity index (χ2v) is 6.11. The molecular weight excluding hydrogens is 316 g/mol. The van der Waals surface area contributed by atoms with Crippen molar-refractivity contribution in [3.05, 3.63) is 56.0 Å². The van der Waals surface area contributed by atoms with Gasteiger partial charge in [-0.25, -0.2) is 9.78 Å². The van der Waals surface area contributed by atoms with Crippen LogP contribution in [0.3, 0.4) is 0 Å². The first-order valence-electron chi connectivity index (χ1n) is 7.12. The lowest BCUT2D eigenvalue weighted by Crippen LogP contribution is -2.37. The van der Waals surface area contributed by atoms with Gasteiger partial charge >= 0.3 is 6.03 Å². The first-order valence-corrected chi connectivity index (χ1v) is 8.00. The van der Waals surface area contributed by atoms with E-state index in [0.29, 0.717) is 12.1 Å². The van der Waals surface area contributed by atoms with Gasteiger partial charge in [-0.15, -0.1) is 11.3 Å². The molecule has 0 spiro atoms. The Labute approximate surface area is 137 Å². The van der Waals surface area contributed by atoms with Crippen molar-refractivity contribution in [3.8, 4) is 0 Å². The fraction of sp³-hybridized carbons (Fsp3) is 0.333. The fourth-order valence-corrected chi connectivity index (χ4v) is 2.81. The van der Waals surface area contributed by atoms with Crippen molar-refractivity contribution in [3.63, 3.8) is 0 Å². The summed E-state index contributed by atoms with van der Waals surface area (Å²) in [5.74, 6) is 0.136. The van der Waals surface area contributed by atoms with E-state index in [1.165, 1.54) is 12.1 Å². The Kier molecular flexibility index (Phi) is 5.64. The minimum atomic E-state index is -0.457. The highest BCUT2D eigenvalue weighted by Crippen LogP contribution is 2.18. The third-order valence-corrected chi connectivity index (χ3v) is 4.40. The molecule has 0 aliphatic heterocycles. The monoisotopic (exact) mass is 334 g/mol. The number of aryl methyl sites for hydroxylation is 1. The molecule has 1 aromatic carbocycles. The van der Waals surface area contributed by atoms with E-state index in [4.69, 9.17) is 0 Å². The number of carbonyl (C=O) groups is 1. The Morgan fingerprint density at radius 1 is 1.43 bits per heavy atom. The number of amides is 2. The molecule has 8 heteroatoms. The molecule has 1 heterocycles. The zero-order valence-electron chi connectivity index (χ0n) is 12.9. The highest BCUT2D eigenvalue weighted by atomic mass is 32.1. The Morgan fingerprint density at radius 2 is 2.22 bits per heavy atom. The second kappa shape index (κ2) is 7.68. The van der Waals surface area contributed by atoms with E-state index < -0.39 is 4.92 Å². The van der Waals surface area contributed by atoms with Gasteiger partial charge in [-0.3, -0.25) is 10.1 Å². The van der Waals surface area contributed by atoms with Gasteiger partial charge in [-0.2, -0.15) is 0 Å². The zero-order valence-corrected chi connectivity index (χ0v) is 13.7. The number of hydrogen-bond acceptors (Lipinski definition) is 5. The lowest BCUT2D eigenvalue weighted by molar-refractivity contribution is -0.384. The topological polar surface area (TPSA) is 97.2 Å². The summed E-state index contributed by atoms with van der Waals surface area (Å²) >= 11 is 1.58. The van der Waals surface area contributed by atoms with Crippen LogP contribution in [0.4, 0.5) is 10.5 Å². The van der Waals surface area contributed by atoms with E-state index in [1.54, 1.807) is 23.5 Å². The molecular formula is C15H18N4O3S. The van der Waals surface area contributed by atoms with E-state index in [9.17, 15) is 14.9 Å². The van der Waals surface area contributed by atoms with Crippen LogP contribution in [0.2, 0.25) is 0 Å². The maximum Gasteiger partial charge on any atom is 0.315 e. The van der Waals surface area contributed by atoms with Crippen LogP contribution < -0.4 is 10.6 Å². The molecule has 2 N–H and O–H groups in total. The normalized spacial score (nSPS) is 11.7. The summed E-state index contributed by atoms with van der Waals surface area (Å²) < 4.78 is 0. The predicted molar refractivity (Wildman–Crippen MR) is 88.6 cm³/mol. The number of nitro benzene ring substituents is 1. The van der Waals surface area contributed by atoms with Gasteiger partial charge in [0.2, 0.25) is 0 Å². The molecule has 0 saturated heterocycles. The maximum atomic E-state index is 11.8. The number of rotatable bonds is 6. The molecule has 1 aromatic heterocycles. The summed E-state index contributed by atoms with van der Waals surface area (Å²) in [5.41, 5.74) is 1.67. The Morgan fingerprint density at radius 3 is 2.87 bits per heavy atom. The van der Waals surface area contributed by atoms with Crippen LogP contribution in [0, 0.1) is 17.0 Å². The molecule has 1 atom stereocenters. The van der Waals surface area contributed by atoms with Crippen LogP contribution in [0.1, 0.15) is 29.1 Å². The molecule has 0 aliphatic rings. The minimum absolute atomic E-state index is 0.0115. The largest absolute Gasteiger partial charge is 0.337 e. The van der Waals surface area contributed by atoms with E-state index >= 15 is 0 Å². The van der Waals surface area contributed by atoms with E-state index in [-0.39, 0.29) is 24.2 Å². The van der Waals surface area contributed by atoms with Gasteiger partial charge < -0.3 is 10.6 Å². The zero-order chi connectivity index (χ0) is 16.8. The highest BCUT2D eigenvalue weighted by molar-refractivity contribution is 7.09. The van der Waals surface area contributed by atoms with Gasteiger partial charge in [-0.05, 0) is 12.5 Å². The summed E-state index contributed by atoms with van der Waals surface area (Å²) in [5, 5.41) is 19.1. The van der Waals surface area contributed by atoms with Crippen molar-refractivity contribution in [2.45, 2.75) is 26.3 Å². The number of urea groups is 1. The van der Waals surface area contributed by atoms with E-state index in [2.05, 4.69) is 15.6 Å². The van der Waals surface area contributed by atoms with Crippen molar-refractivity contribution in [1.82, 2.24) is 15.6 Å². The predicted octanol–water partition coefficient (Wildman–Crippen LogP) is 2.96. The summed E-state index contributed by atoms with van der Waals surface area (Å²) in [4.78, 5) is 26.4. The van der Waals surface area contributed by atoms with Crippen molar-refractivity contribution < 1.29 is 9.72 Å². The molecule has 1 unspecified atom stereocenters. The van der Waals surface area contributed by atoms with Gasteiger partial charge in [0.15, 0.2) is 0 Å². The Hall–Kier alpha value is -2.48. The molecule has 7 nitrogen and oxygen atoms in total. The second-order valence-electron chi connectivity index (χ2n) is 5.22. The number of nitrogens with one attached hydrogen (secondary N) is 2. The standard InChI is InChI=1S/C15H18N4O3S/c1-10(14-18-11(2)9-23-14)7-16-15(20)17-8-12-4-3-5-13(6-12)19(21)22/h3-6,9-10H,7-8H2,1-2H3,(H2,16,17,20). The molecule has 122 valence electrons. The number of hydrogen-bond donors (Lipinski definition) is 2. The number of benzene rings is 1. The Bertz CT molecular complexity index is 702. The number of nitrogens with zero attached hydrogens (tertiary/aromatic N) is 2. The molecule has 0 aliphatic carbocycles. The molecule has 0 saturated carbocycles. The van der Waals surface area contributed by atoms with Crippen LogP contribution in [0.15, 0.2) is 29.6 Å². The third-order valence-electron chi connectivity index (χ3n) is 3.20. The van der Waals surface area contributed by atoms with E-state index in [1.807, 2.05) is 19.2 Å². The van der Waals surface area contributed by atoms with Crippen molar-refractivity contribution in [1.29, 1.82) is 0 Å². The van der Waals surface area contributed by atoms with Crippen LogP contribution in [-0.4, -0.2) is 22.5 Å².